The van der Waals surface area contributed by atoms with Gasteiger partial charge in [-0.05, 0) is 12.8 Å². The van der Waals surface area contributed by atoms with Crippen LogP contribution < -0.4 is 5.32 Å². The lowest BCUT2D eigenvalue weighted by Gasteiger charge is -2.15. The van der Waals surface area contributed by atoms with Crippen LogP contribution in [-0.2, 0) is 4.79 Å². The van der Waals surface area contributed by atoms with Gasteiger partial charge in [0, 0.05) is 12.5 Å². The van der Waals surface area contributed by atoms with Crippen molar-refractivity contribution in [1.82, 2.24) is 5.32 Å². The number of carbonyl (C=O) groups is 1. The molecule has 12 heavy (non-hydrogen) atoms. The van der Waals surface area contributed by atoms with Crippen molar-refractivity contribution in [2.45, 2.75) is 58.9 Å². The summed E-state index contributed by atoms with van der Waals surface area (Å²) in [5.74, 6) is 0.179. The van der Waals surface area contributed by atoms with E-state index in [1.165, 1.54) is 12.8 Å². The maximum Gasteiger partial charge on any atom is 0.219 e. The second-order valence-electron chi connectivity index (χ2n) is 3.17. The van der Waals surface area contributed by atoms with Gasteiger partial charge in [-0.1, -0.05) is 33.6 Å². The molecule has 0 radical (unpaired) electrons. The van der Waals surface area contributed by atoms with Crippen LogP contribution in [0.1, 0.15) is 52.9 Å². The number of nitrogens with one attached hydrogen (secondary N) is 1. The van der Waals surface area contributed by atoms with E-state index in [4.69, 9.17) is 0 Å². The summed E-state index contributed by atoms with van der Waals surface area (Å²) in [5, 5.41) is 3.01. The number of unbranched alkanes of at least 4 members (excludes halogenated alkanes) is 1. The molecule has 2 nitrogen and oxygen atoms in total. The molecule has 0 unspecified atom stereocenters. The Balaban J connectivity index is 3.59. The van der Waals surface area contributed by atoms with Gasteiger partial charge in [-0.3, -0.25) is 4.79 Å². The van der Waals surface area contributed by atoms with E-state index in [-0.39, 0.29) is 5.91 Å². The van der Waals surface area contributed by atoms with E-state index in [2.05, 4.69) is 19.2 Å². The van der Waals surface area contributed by atoms with Gasteiger partial charge in [0.15, 0.2) is 0 Å². The number of carbonyl (C=O) groups excluding carboxylic acids is 1. The molecule has 0 fully saturated rings. The van der Waals surface area contributed by atoms with Gasteiger partial charge in [-0.2, -0.15) is 0 Å². The lowest BCUT2D eigenvalue weighted by Crippen LogP contribution is -2.33. The first-order valence-electron chi connectivity index (χ1n) is 5.03. The van der Waals surface area contributed by atoms with Crippen LogP contribution in [0.2, 0.25) is 0 Å². The molecular weight excluding hydrogens is 150 g/mol. The van der Waals surface area contributed by atoms with E-state index >= 15 is 0 Å². The highest BCUT2D eigenvalue weighted by molar-refractivity contribution is 5.75. The summed E-state index contributed by atoms with van der Waals surface area (Å²) in [4.78, 5) is 11.0. The highest BCUT2D eigenvalue weighted by Gasteiger charge is 2.07. The van der Waals surface area contributed by atoms with Crippen molar-refractivity contribution in [3.63, 3.8) is 0 Å². The summed E-state index contributed by atoms with van der Waals surface area (Å²) in [6.07, 6.45) is 5.19. The summed E-state index contributed by atoms with van der Waals surface area (Å²) >= 11 is 0. The highest BCUT2D eigenvalue weighted by atomic mass is 16.1. The van der Waals surface area contributed by atoms with E-state index < -0.39 is 0 Å². The van der Waals surface area contributed by atoms with Crippen LogP contribution in [0.15, 0.2) is 0 Å². The Morgan fingerprint density at radius 1 is 1.33 bits per heavy atom. The molecule has 0 aromatic heterocycles. The van der Waals surface area contributed by atoms with Gasteiger partial charge >= 0.3 is 0 Å². The number of rotatable bonds is 6. The Morgan fingerprint density at radius 3 is 2.42 bits per heavy atom. The molecule has 0 bridgehead atoms. The third kappa shape index (κ3) is 5.16. The molecule has 1 amide bonds. The Kier molecular flexibility index (Phi) is 6.82. The summed E-state index contributed by atoms with van der Waals surface area (Å²) in [5.41, 5.74) is 0. The van der Waals surface area contributed by atoms with Gasteiger partial charge in [-0.25, -0.2) is 0 Å². The molecule has 0 aliphatic rings. The fraction of sp³-hybridized carbons (Fsp3) is 0.900. The zero-order valence-corrected chi connectivity index (χ0v) is 8.52. The average molecular weight is 171 g/mol. The summed E-state index contributed by atoms with van der Waals surface area (Å²) in [6, 6.07) is 0.400. The lowest BCUT2D eigenvalue weighted by molar-refractivity contribution is -0.121. The van der Waals surface area contributed by atoms with Crippen LogP contribution in [0.4, 0.5) is 0 Å². The second-order valence-corrected chi connectivity index (χ2v) is 3.17. The molecule has 1 atom stereocenters. The molecule has 0 aliphatic carbocycles. The predicted molar refractivity (Wildman–Crippen MR) is 52.0 cm³/mol. The minimum atomic E-state index is 0.179. The van der Waals surface area contributed by atoms with Gasteiger partial charge in [-0.15, -0.1) is 0 Å². The molecule has 0 spiro atoms. The fourth-order valence-corrected chi connectivity index (χ4v) is 1.16. The van der Waals surface area contributed by atoms with Crippen LogP contribution in [0, 0.1) is 0 Å². The Hall–Kier alpha value is -0.530. The zero-order chi connectivity index (χ0) is 9.40. The largest absolute Gasteiger partial charge is 0.353 e. The van der Waals surface area contributed by atoms with Gasteiger partial charge < -0.3 is 5.32 Å². The van der Waals surface area contributed by atoms with Gasteiger partial charge in [0.25, 0.3) is 0 Å². The monoisotopic (exact) mass is 171 g/mol. The zero-order valence-electron chi connectivity index (χ0n) is 8.52. The van der Waals surface area contributed by atoms with Crippen molar-refractivity contribution in [2.75, 3.05) is 0 Å². The predicted octanol–water partition coefficient (Wildman–Crippen LogP) is 2.48. The van der Waals surface area contributed by atoms with E-state index in [0.717, 1.165) is 12.8 Å². The van der Waals surface area contributed by atoms with Gasteiger partial charge in [0.1, 0.15) is 0 Å². The van der Waals surface area contributed by atoms with Crippen molar-refractivity contribution in [1.29, 1.82) is 0 Å². The SMILES string of the molecule is CCCC[C@H](CC)NC(=O)CC. The van der Waals surface area contributed by atoms with Gasteiger partial charge in [0.2, 0.25) is 5.91 Å². The van der Waals surface area contributed by atoms with Crippen molar-refractivity contribution in [3.8, 4) is 0 Å². The fourth-order valence-electron chi connectivity index (χ4n) is 1.16. The Morgan fingerprint density at radius 2 is 2.00 bits per heavy atom. The van der Waals surface area contributed by atoms with Crippen molar-refractivity contribution < 1.29 is 4.79 Å². The standard InChI is InChI=1S/C10H21NO/c1-4-7-8-9(5-2)11-10(12)6-3/h9H,4-8H2,1-3H3,(H,11,12)/t9-/m0/s1. The maximum absolute atomic E-state index is 11.0. The summed E-state index contributed by atoms with van der Waals surface area (Å²) in [6.45, 7) is 6.19. The lowest BCUT2D eigenvalue weighted by atomic mass is 10.1. The highest BCUT2D eigenvalue weighted by Crippen LogP contribution is 2.03. The number of amides is 1. The molecule has 72 valence electrons. The first-order valence-corrected chi connectivity index (χ1v) is 5.03. The summed E-state index contributed by atoms with van der Waals surface area (Å²) < 4.78 is 0. The maximum atomic E-state index is 11.0. The smallest absolute Gasteiger partial charge is 0.219 e. The second kappa shape index (κ2) is 7.14. The van der Waals surface area contributed by atoms with E-state index in [0.29, 0.717) is 12.5 Å². The molecule has 0 saturated carbocycles. The molecule has 0 saturated heterocycles. The molecule has 2 heteroatoms. The first-order chi connectivity index (χ1) is 5.74. The molecule has 0 aromatic rings. The normalized spacial score (nSPS) is 12.6. The van der Waals surface area contributed by atoms with Crippen molar-refractivity contribution >= 4 is 5.91 Å². The summed E-state index contributed by atoms with van der Waals surface area (Å²) in [7, 11) is 0. The third-order valence-corrected chi connectivity index (χ3v) is 2.09. The topological polar surface area (TPSA) is 29.1 Å². The average Bonchev–Trinajstić information content (AvgIpc) is 2.11. The molecule has 0 heterocycles. The molecule has 0 aromatic carbocycles. The molecule has 1 N–H and O–H groups in total. The van der Waals surface area contributed by atoms with Crippen molar-refractivity contribution in [3.05, 3.63) is 0 Å². The van der Waals surface area contributed by atoms with E-state index in [1.54, 1.807) is 0 Å². The van der Waals surface area contributed by atoms with Gasteiger partial charge in [0.05, 0.1) is 0 Å². The molecule has 0 rings (SSSR count). The Bertz CT molecular complexity index is 123. The van der Waals surface area contributed by atoms with Crippen LogP contribution in [0.5, 0.6) is 0 Å². The number of hydrogen-bond donors (Lipinski definition) is 1. The van der Waals surface area contributed by atoms with Crippen molar-refractivity contribution in [2.24, 2.45) is 0 Å². The quantitative estimate of drug-likeness (QED) is 0.653. The molecular formula is C10H21NO. The van der Waals surface area contributed by atoms with Crippen LogP contribution in [-0.4, -0.2) is 11.9 Å². The van der Waals surface area contributed by atoms with E-state index in [9.17, 15) is 4.79 Å². The third-order valence-electron chi connectivity index (χ3n) is 2.09. The minimum absolute atomic E-state index is 0.179. The van der Waals surface area contributed by atoms with E-state index in [1.807, 2.05) is 6.92 Å². The van der Waals surface area contributed by atoms with Crippen LogP contribution in [0.25, 0.3) is 0 Å². The first kappa shape index (κ1) is 11.5. The van der Waals surface area contributed by atoms with Crippen LogP contribution in [0.3, 0.4) is 0 Å². The number of hydrogen-bond acceptors (Lipinski definition) is 1. The minimum Gasteiger partial charge on any atom is -0.353 e. The van der Waals surface area contributed by atoms with Crippen LogP contribution >= 0.6 is 0 Å². The molecule has 0 aliphatic heterocycles. The Labute approximate surface area is 75.7 Å².